The maximum absolute atomic E-state index is 11.1. The molecule has 0 aliphatic heterocycles. The van der Waals surface area contributed by atoms with Gasteiger partial charge < -0.3 is 4.74 Å². The Morgan fingerprint density at radius 3 is 2.87 bits per heavy atom. The van der Waals surface area contributed by atoms with Crippen LogP contribution in [-0.2, 0) is 9.53 Å². The average molecular weight is 276 g/mol. The van der Waals surface area contributed by atoms with Gasteiger partial charge in [-0.05, 0) is 15.9 Å². The molecule has 1 rings (SSSR count). The average Bonchev–Trinajstić information content (AvgIpc) is 2.21. The zero-order valence-electron chi connectivity index (χ0n) is 7.56. The first-order valence-electron chi connectivity index (χ1n) is 3.69. The zero-order chi connectivity index (χ0) is 11.4. The van der Waals surface area contributed by atoms with Gasteiger partial charge in [-0.3, -0.25) is 9.78 Å². The molecule has 80 valence electrons. The first kappa shape index (κ1) is 11.4. The summed E-state index contributed by atoms with van der Waals surface area (Å²) in [7, 11) is 1.20. The number of ether oxygens (including phenoxy) is 1. The number of rotatable bonds is 2. The van der Waals surface area contributed by atoms with E-state index in [4.69, 9.17) is 0 Å². The van der Waals surface area contributed by atoms with Crippen LogP contribution in [0, 0.1) is 0 Å². The number of nitrogens with zero attached hydrogens (tertiary/aromatic N) is 2. The highest BCUT2D eigenvalue weighted by Gasteiger charge is 2.01. The van der Waals surface area contributed by atoms with E-state index < -0.39 is 17.2 Å². The SMILES string of the molecule is COC(=O)/C=C/n1nc(Br)c(=O)[nH]c1=O. The Balaban J connectivity index is 3.12. The molecule has 0 bridgehead atoms. The van der Waals surface area contributed by atoms with Crippen molar-refractivity contribution in [3.63, 3.8) is 0 Å². The van der Waals surface area contributed by atoms with Crippen LogP contribution in [0.5, 0.6) is 0 Å². The quantitative estimate of drug-likeness (QED) is 0.571. The molecule has 1 aromatic rings. The smallest absolute Gasteiger partial charge is 0.349 e. The topological polar surface area (TPSA) is 94.1 Å². The summed E-state index contributed by atoms with van der Waals surface area (Å²) >= 11 is 2.84. The van der Waals surface area contributed by atoms with Crippen LogP contribution in [-0.4, -0.2) is 27.8 Å². The summed E-state index contributed by atoms with van der Waals surface area (Å²) in [6.07, 6.45) is 2.08. The lowest BCUT2D eigenvalue weighted by molar-refractivity contribution is -0.134. The molecule has 0 fully saturated rings. The van der Waals surface area contributed by atoms with Crippen molar-refractivity contribution >= 4 is 28.1 Å². The molecule has 1 heterocycles. The number of esters is 1. The van der Waals surface area contributed by atoms with Crippen molar-refractivity contribution in [1.29, 1.82) is 0 Å². The van der Waals surface area contributed by atoms with Crippen LogP contribution in [0.15, 0.2) is 20.3 Å². The van der Waals surface area contributed by atoms with Crippen LogP contribution in [0.1, 0.15) is 0 Å². The first-order valence-corrected chi connectivity index (χ1v) is 4.48. The Bertz CT molecular complexity index is 516. The number of aromatic nitrogens is 3. The number of methoxy groups -OCH3 is 1. The Morgan fingerprint density at radius 1 is 1.60 bits per heavy atom. The molecule has 15 heavy (non-hydrogen) atoms. The summed E-state index contributed by atoms with van der Waals surface area (Å²) in [4.78, 5) is 34.7. The highest BCUT2D eigenvalue weighted by Crippen LogP contribution is 1.92. The maximum atomic E-state index is 11.1. The molecule has 0 aromatic carbocycles. The number of carbonyl (C=O) groups excluding carboxylic acids is 1. The summed E-state index contributed by atoms with van der Waals surface area (Å²) in [5.41, 5.74) is -1.38. The largest absolute Gasteiger partial charge is 0.466 e. The van der Waals surface area contributed by atoms with Gasteiger partial charge in [0.25, 0.3) is 5.56 Å². The molecule has 8 heteroatoms. The number of hydrogen-bond donors (Lipinski definition) is 1. The van der Waals surface area contributed by atoms with Gasteiger partial charge in [0.2, 0.25) is 0 Å². The minimum atomic E-state index is -0.747. The molecule has 0 unspecified atom stereocenters. The number of aromatic amines is 1. The molecule has 0 atom stereocenters. The predicted molar refractivity (Wildman–Crippen MR) is 54.2 cm³/mol. The number of hydrogen-bond acceptors (Lipinski definition) is 5. The number of nitrogens with one attached hydrogen (secondary N) is 1. The monoisotopic (exact) mass is 275 g/mol. The highest BCUT2D eigenvalue weighted by molar-refractivity contribution is 9.10. The van der Waals surface area contributed by atoms with E-state index in [9.17, 15) is 14.4 Å². The normalized spacial score (nSPS) is 10.5. The fourth-order valence-electron chi connectivity index (χ4n) is 0.692. The van der Waals surface area contributed by atoms with Crippen LogP contribution in [0.2, 0.25) is 0 Å². The van der Waals surface area contributed by atoms with Gasteiger partial charge in [-0.15, -0.1) is 0 Å². The van der Waals surface area contributed by atoms with Crippen LogP contribution < -0.4 is 11.2 Å². The lowest BCUT2D eigenvalue weighted by atomic mass is 10.6. The van der Waals surface area contributed by atoms with E-state index in [0.717, 1.165) is 17.0 Å². The summed E-state index contributed by atoms with van der Waals surface area (Å²) in [6, 6.07) is 0. The minimum Gasteiger partial charge on any atom is -0.466 e. The van der Waals surface area contributed by atoms with Gasteiger partial charge in [0.05, 0.1) is 7.11 Å². The Kier molecular flexibility index (Phi) is 3.56. The fraction of sp³-hybridized carbons (Fsp3) is 0.143. The van der Waals surface area contributed by atoms with Crippen molar-refractivity contribution in [2.75, 3.05) is 7.11 Å². The summed E-state index contributed by atoms with van der Waals surface area (Å²) < 4.78 is 5.05. The van der Waals surface area contributed by atoms with Gasteiger partial charge in [-0.2, -0.15) is 9.78 Å². The van der Waals surface area contributed by atoms with E-state index in [-0.39, 0.29) is 4.60 Å². The van der Waals surface area contributed by atoms with E-state index >= 15 is 0 Å². The second-order valence-corrected chi connectivity index (χ2v) is 3.08. The highest BCUT2D eigenvalue weighted by atomic mass is 79.9. The zero-order valence-corrected chi connectivity index (χ0v) is 9.15. The Hall–Kier alpha value is -1.70. The molecule has 0 saturated heterocycles. The summed E-state index contributed by atoms with van der Waals surface area (Å²) in [5.74, 6) is -0.633. The summed E-state index contributed by atoms with van der Waals surface area (Å²) in [6.45, 7) is 0. The molecule has 0 spiro atoms. The van der Waals surface area contributed by atoms with Gasteiger partial charge in [0, 0.05) is 12.3 Å². The van der Waals surface area contributed by atoms with Crippen molar-refractivity contribution in [3.8, 4) is 0 Å². The number of H-pyrrole nitrogens is 1. The second-order valence-electron chi connectivity index (χ2n) is 2.33. The van der Waals surface area contributed by atoms with Gasteiger partial charge >= 0.3 is 11.7 Å². The van der Waals surface area contributed by atoms with E-state index in [1.807, 2.05) is 4.98 Å². The maximum Gasteiger partial charge on any atom is 0.349 e. The van der Waals surface area contributed by atoms with Gasteiger partial charge in [0.15, 0.2) is 4.60 Å². The molecule has 1 aromatic heterocycles. The molecule has 1 N–H and O–H groups in total. The summed E-state index contributed by atoms with van der Waals surface area (Å²) in [5, 5.41) is 3.56. The Morgan fingerprint density at radius 2 is 2.27 bits per heavy atom. The van der Waals surface area contributed by atoms with E-state index in [1.165, 1.54) is 7.11 Å². The molecule has 0 amide bonds. The Labute approximate surface area is 91.5 Å². The predicted octanol–water partition coefficient (Wildman–Crippen LogP) is -0.662. The third kappa shape index (κ3) is 2.88. The first-order chi connectivity index (χ1) is 7.04. The van der Waals surface area contributed by atoms with Crippen molar-refractivity contribution in [2.24, 2.45) is 0 Å². The lowest BCUT2D eigenvalue weighted by Gasteiger charge is -1.95. The van der Waals surface area contributed by atoms with Crippen molar-refractivity contribution in [2.45, 2.75) is 0 Å². The number of carbonyl (C=O) groups is 1. The lowest BCUT2D eigenvalue weighted by Crippen LogP contribution is -2.30. The molecular weight excluding hydrogens is 270 g/mol. The van der Waals surface area contributed by atoms with Gasteiger partial charge in [0.1, 0.15) is 0 Å². The van der Waals surface area contributed by atoms with Gasteiger partial charge in [-0.25, -0.2) is 9.59 Å². The van der Waals surface area contributed by atoms with Crippen LogP contribution in [0.3, 0.4) is 0 Å². The third-order valence-electron chi connectivity index (χ3n) is 1.36. The second kappa shape index (κ2) is 4.69. The molecule has 0 saturated carbocycles. The van der Waals surface area contributed by atoms with Crippen molar-refractivity contribution < 1.29 is 9.53 Å². The minimum absolute atomic E-state index is 0.0587. The molecular formula is C7H6BrN3O4. The van der Waals surface area contributed by atoms with Crippen LogP contribution in [0.25, 0.3) is 6.20 Å². The molecule has 0 aliphatic carbocycles. The standard InChI is InChI=1S/C7H6BrN3O4/c1-15-4(12)2-3-11-7(14)9-6(13)5(8)10-11/h2-3H,1H3,(H,9,13,14)/b3-2+. The van der Waals surface area contributed by atoms with Crippen molar-refractivity contribution in [1.82, 2.24) is 14.8 Å². The van der Waals surface area contributed by atoms with Gasteiger partial charge in [-0.1, -0.05) is 0 Å². The van der Waals surface area contributed by atoms with Crippen LogP contribution in [0.4, 0.5) is 0 Å². The van der Waals surface area contributed by atoms with E-state index in [1.54, 1.807) is 0 Å². The van der Waals surface area contributed by atoms with E-state index in [0.29, 0.717) is 0 Å². The van der Waals surface area contributed by atoms with E-state index in [2.05, 4.69) is 25.8 Å². The fourth-order valence-corrected chi connectivity index (χ4v) is 0.962. The van der Waals surface area contributed by atoms with Crippen LogP contribution >= 0.6 is 15.9 Å². The number of halogens is 1. The molecule has 0 aliphatic rings. The third-order valence-corrected chi connectivity index (χ3v) is 1.88. The molecule has 0 radical (unpaired) electrons. The molecule has 7 nitrogen and oxygen atoms in total. The van der Waals surface area contributed by atoms with Crippen molar-refractivity contribution in [3.05, 3.63) is 31.5 Å².